The molecule has 0 saturated carbocycles. The third-order valence-corrected chi connectivity index (χ3v) is 4.66. The van der Waals surface area contributed by atoms with Crippen LogP contribution in [0.1, 0.15) is 24.3 Å². The smallest absolute Gasteiger partial charge is 0.247 e. The Morgan fingerprint density at radius 3 is 2.64 bits per heavy atom. The third kappa shape index (κ3) is 6.45. The van der Waals surface area contributed by atoms with Crippen molar-refractivity contribution in [2.75, 3.05) is 19.0 Å². The first-order valence-electron chi connectivity index (χ1n) is 9.13. The fraction of sp³-hybridized carbons (Fsp3) is 0.273. The van der Waals surface area contributed by atoms with E-state index in [1.54, 1.807) is 11.8 Å². The Bertz CT molecular complexity index is 899. The number of aromatic nitrogens is 2. The summed E-state index contributed by atoms with van der Waals surface area (Å²) in [6.45, 7) is 0.807. The highest BCUT2D eigenvalue weighted by molar-refractivity contribution is 7.98. The molecule has 0 unspecified atom stereocenters. The van der Waals surface area contributed by atoms with Gasteiger partial charge in [-0.2, -0.15) is 0 Å². The van der Waals surface area contributed by atoms with Crippen molar-refractivity contribution < 1.29 is 14.3 Å². The van der Waals surface area contributed by atoms with Crippen molar-refractivity contribution in [3.8, 4) is 29.0 Å². The standard InChI is InChI=1S/C22H22N2O3S/c25-14-6-2-3-7-18-10-12-19(13-11-18)22-24-23-21(27-22)17-28-16-15-26-20-8-4-1-5-9-20/h1,4-5,8-13,25H,2,6,14-17H2. The van der Waals surface area contributed by atoms with Gasteiger partial charge in [0, 0.05) is 29.9 Å². The van der Waals surface area contributed by atoms with E-state index in [0.29, 0.717) is 37.0 Å². The van der Waals surface area contributed by atoms with Crippen molar-refractivity contribution in [3.63, 3.8) is 0 Å². The van der Waals surface area contributed by atoms with E-state index < -0.39 is 0 Å². The average molecular weight is 394 g/mol. The van der Waals surface area contributed by atoms with E-state index in [0.717, 1.165) is 22.6 Å². The number of para-hydroxylation sites is 1. The number of hydrogen-bond acceptors (Lipinski definition) is 6. The van der Waals surface area contributed by atoms with Crippen molar-refractivity contribution in [2.24, 2.45) is 0 Å². The van der Waals surface area contributed by atoms with Crippen LogP contribution in [0.15, 0.2) is 59.0 Å². The Morgan fingerprint density at radius 1 is 1.04 bits per heavy atom. The molecule has 1 N–H and O–H groups in total. The predicted octanol–water partition coefficient (Wildman–Crippen LogP) is 4.17. The van der Waals surface area contributed by atoms with Crippen LogP contribution in [0.2, 0.25) is 0 Å². The minimum Gasteiger partial charge on any atom is -0.493 e. The SMILES string of the molecule is OCCCC#Cc1ccc(-c2nnc(CSCCOc3ccccc3)o2)cc1. The van der Waals surface area contributed by atoms with Gasteiger partial charge in [-0.15, -0.1) is 22.0 Å². The molecule has 3 aromatic rings. The normalized spacial score (nSPS) is 10.3. The molecular weight excluding hydrogens is 372 g/mol. The van der Waals surface area contributed by atoms with Crippen LogP contribution in [-0.2, 0) is 5.75 Å². The molecule has 6 heteroatoms. The molecule has 28 heavy (non-hydrogen) atoms. The van der Waals surface area contributed by atoms with Gasteiger partial charge in [-0.3, -0.25) is 0 Å². The Balaban J connectivity index is 1.43. The van der Waals surface area contributed by atoms with Gasteiger partial charge in [0.25, 0.3) is 0 Å². The zero-order chi connectivity index (χ0) is 19.4. The molecule has 0 atom stereocenters. The van der Waals surface area contributed by atoms with Crippen LogP contribution >= 0.6 is 11.8 Å². The predicted molar refractivity (Wildman–Crippen MR) is 111 cm³/mol. The van der Waals surface area contributed by atoms with Gasteiger partial charge in [-0.1, -0.05) is 30.0 Å². The monoisotopic (exact) mass is 394 g/mol. The van der Waals surface area contributed by atoms with Crippen molar-refractivity contribution in [2.45, 2.75) is 18.6 Å². The summed E-state index contributed by atoms with van der Waals surface area (Å²) in [4.78, 5) is 0. The van der Waals surface area contributed by atoms with Gasteiger partial charge in [0.2, 0.25) is 11.8 Å². The number of benzene rings is 2. The van der Waals surface area contributed by atoms with Crippen LogP contribution in [0.4, 0.5) is 0 Å². The van der Waals surface area contributed by atoms with Gasteiger partial charge in [-0.05, 0) is 42.8 Å². The zero-order valence-corrected chi connectivity index (χ0v) is 16.3. The summed E-state index contributed by atoms with van der Waals surface area (Å²) < 4.78 is 11.4. The maximum Gasteiger partial charge on any atom is 0.247 e. The summed E-state index contributed by atoms with van der Waals surface area (Å²) in [5.74, 6) is 9.60. The van der Waals surface area contributed by atoms with Gasteiger partial charge in [0.1, 0.15) is 5.75 Å². The zero-order valence-electron chi connectivity index (χ0n) is 15.5. The molecule has 5 nitrogen and oxygen atoms in total. The minimum absolute atomic E-state index is 0.172. The summed E-state index contributed by atoms with van der Waals surface area (Å²) in [6, 6.07) is 17.5. The second-order valence-electron chi connectivity index (χ2n) is 5.92. The van der Waals surface area contributed by atoms with E-state index >= 15 is 0 Å². The van der Waals surface area contributed by atoms with Crippen LogP contribution in [0.5, 0.6) is 5.75 Å². The summed E-state index contributed by atoms with van der Waals surface area (Å²) in [5, 5.41) is 17.0. The Kier molecular flexibility index (Phi) is 7.98. The van der Waals surface area contributed by atoms with Gasteiger partial charge in [-0.25, -0.2) is 0 Å². The molecular formula is C22H22N2O3S. The number of aliphatic hydroxyl groups is 1. The molecule has 1 heterocycles. The van der Waals surface area contributed by atoms with Crippen molar-refractivity contribution in [1.29, 1.82) is 0 Å². The maximum absolute atomic E-state index is 8.76. The second-order valence-corrected chi connectivity index (χ2v) is 7.03. The van der Waals surface area contributed by atoms with Gasteiger partial charge >= 0.3 is 0 Å². The number of ether oxygens (including phenoxy) is 1. The van der Waals surface area contributed by atoms with E-state index in [1.807, 2.05) is 54.6 Å². The van der Waals surface area contributed by atoms with Gasteiger partial charge in [0.05, 0.1) is 12.4 Å². The number of aliphatic hydroxyl groups excluding tert-OH is 1. The molecule has 2 aromatic carbocycles. The fourth-order valence-electron chi connectivity index (χ4n) is 2.35. The molecule has 0 saturated heterocycles. The van der Waals surface area contributed by atoms with Crippen molar-refractivity contribution in [1.82, 2.24) is 10.2 Å². The first-order valence-corrected chi connectivity index (χ1v) is 10.3. The lowest BCUT2D eigenvalue weighted by Gasteiger charge is -2.04. The van der Waals surface area contributed by atoms with Crippen LogP contribution < -0.4 is 4.74 Å². The first kappa shape index (κ1) is 20.0. The summed E-state index contributed by atoms with van der Waals surface area (Å²) in [5.41, 5.74) is 1.80. The second kappa shape index (κ2) is 11.2. The molecule has 0 aliphatic carbocycles. The highest BCUT2D eigenvalue weighted by atomic mass is 32.2. The molecule has 0 amide bonds. The van der Waals surface area contributed by atoms with E-state index in [4.69, 9.17) is 14.3 Å². The van der Waals surface area contributed by atoms with E-state index in [1.165, 1.54) is 0 Å². The molecule has 1 aromatic heterocycles. The molecule has 0 radical (unpaired) electrons. The van der Waals surface area contributed by atoms with Gasteiger partial charge in [0.15, 0.2) is 0 Å². The highest BCUT2D eigenvalue weighted by Crippen LogP contribution is 2.20. The number of thioether (sulfide) groups is 1. The van der Waals surface area contributed by atoms with Crippen LogP contribution in [0.25, 0.3) is 11.5 Å². The third-order valence-electron chi connectivity index (χ3n) is 3.76. The van der Waals surface area contributed by atoms with E-state index in [9.17, 15) is 0 Å². The maximum atomic E-state index is 8.76. The van der Waals surface area contributed by atoms with Crippen molar-refractivity contribution in [3.05, 3.63) is 66.1 Å². The van der Waals surface area contributed by atoms with E-state index in [-0.39, 0.29) is 6.61 Å². The topological polar surface area (TPSA) is 68.4 Å². The fourth-order valence-corrected chi connectivity index (χ4v) is 2.99. The number of hydrogen-bond donors (Lipinski definition) is 1. The summed E-state index contributed by atoms with van der Waals surface area (Å²) in [7, 11) is 0. The molecule has 0 fully saturated rings. The number of unbranched alkanes of at least 4 members (excludes halogenated alkanes) is 1. The molecule has 144 valence electrons. The largest absolute Gasteiger partial charge is 0.493 e. The van der Waals surface area contributed by atoms with Crippen LogP contribution in [0, 0.1) is 11.8 Å². The minimum atomic E-state index is 0.172. The average Bonchev–Trinajstić information content (AvgIpc) is 3.21. The molecule has 0 aliphatic heterocycles. The lowest BCUT2D eigenvalue weighted by Crippen LogP contribution is -2.00. The lowest BCUT2D eigenvalue weighted by atomic mass is 10.1. The Labute approximate surface area is 169 Å². The molecule has 0 aliphatic rings. The van der Waals surface area contributed by atoms with Crippen LogP contribution in [-0.4, -0.2) is 34.3 Å². The number of nitrogens with zero attached hydrogens (tertiary/aromatic N) is 2. The van der Waals surface area contributed by atoms with Crippen LogP contribution in [0.3, 0.4) is 0 Å². The Hall–Kier alpha value is -2.75. The molecule has 0 bridgehead atoms. The number of rotatable bonds is 9. The quantitative estimate of drug-likeness (QED) is 0.434. The van der Waals surface area contributed by atoms with E-state index in [2.05, 4.69) is 22.0 Å². The molecule has 3 rings (SSSR count). The summed E-state index contributed by atoms with van der Waals surface area (Å²) >= 11 is 1.69. The first-order chi connectivity index (χ1) is 13.8. The summed E-state index contributed by atoms with van der Waals surface area (Å²) in [6.07, 6.45) is 1.39. The highest BCUT2D eigenvalue weighted by Gasteiger charge is 2.08. The van der Waals surface area contributed by atoms with Gasteiger partial charge < -0.3 is 14.3 Å². The Morgan fingerprint density at radius 2 is 1.86 bits per heavy atom. The molecule has 0 spiro atoms. The van der Waals surface area contributed by atoms with Crippen molar-refractivity contribution >= 4 is 11.8 Å². The lowest BCUT2D eigenvalue weighted by molar-refractivity contribution is 0.290.